The number of carbonyl (C=O) groups excluding carboxylic acids is 3. The smallest absolute Gasteiger partial charge is 0.254 e. The van der Waals surface area contributed by atoms with E-state index in [1.807, 2.05) is 24.4 Å². The van der Waals surface area contributed by atoms with Crippen LogP contribution < -0.4 is 20.7 Å². The molecule has 0 aliphatic carbocycles. The van der Waals surface area contributed by atoms with Gasteiger partial charge in [-0.15, -0.1) is 0 Å². The van der Waals surface area contributed by atoms with Crippen LogP contribution in [0.5, 0.6) is 5.75 Å². The molecule has 2 heterocycles. The van der Waals surface area contributed by atoms with Crippen LogP contribution in [-0.2, 0) is 16.0 Å². The van der Waals surface area contributed by atoms with Crippen LogP contribution in [0.4, 0.5) is 5.69 Å². The number of hydrogen-bond acceptors (Lipinski definition) is 4. The van der Waals surface area contributed by atoms with Gasteiger partial charge in [0.1, 0.15) is 11.8 Å². The van der Waals surface area contributed by atoms with Gasteiger partial charge in [0.2, 0.25) is 11.8 Å². The molecule has 8 nitrogen and oxygen atoms in total. The summed E-state index contributed by atoms with van der Waals surface area (Å²) in [6, 6.07) is 11.9. The van der Waals surface area contributed by atoms with Gasteiger partial charge in [0.05, 0.1) is 18.4 Å². The fourth-order valence-corrected chi connectivity index (χ4v) is 3.71. The Morgan fingerprint density at radius 3 is 2.84 bits per heavy atom. The lowest BCUT2D eigenvalue weighted by molar-refractivity contribution is -0.121. The largest absolute Gasteiger partial charge is 0.497 e. The molecule has 1 aliphatic heterocycles. The Morgan fingerprint density at radius 1 is 1.16 bits per heavy atom. The standard InChI is InChI=1S/C23H24N4O4/c1-31-15-6-7-18-17(12-15)14(13-25-18)10-11-24-21(28)9-8-20-23(30)26-19-5-3-2-4-16(19)22(29)27-20/h2-7,12-13,20,25H,8-11H2,1H3,(H,24,28)(H,26,30)(H,27,29)/t20-/m1/s1. The number of para-hydroxylation sites is 1. The summed E-state index contributed by atoms with van der Waals surface area (Å²) in [5.41, 5.74) is 2.99. The van der Waals surface area contributed by atoms with Crippen LogP contribution in [0.3, 0.4) is 0 Å². The second-order valence-corrected chi connectivity index (χ2v) is 7.42. The molecule has 1 aliphatic rings. The van der Waals surface area contributed by atoms with Crippen molar-refractivity contribution >= 4 is 34.3 Å². The van der Waals surface area contributed by atoms with Gasteiger partial charge in [-0.2, -0.15) is 0 Å². The van der Waals surface area contributed by atoms with Gasteiger partial charge in [-0.1, -0.05) is 12.1 Å². The summed E-state index contributed by atoms with van der Waals surface area (Å²) in [5, 5.41) is 9.39. The lowest BCUT2D eigenvalue weighted by atomic mass is 10.1. The van der Waals surface area contributed by atoms with Crippen molar-refractivity contribution in [2.24, 2.45) is 0 Å². The molecule has 160 valence electrons. The van der Waals surface area contributed by atoms with Crippen LogP contribution >= 0.6 is 0 Å². The van der Waals surface area contributed by atoms with Gasteiger partial charge in [-0.3, -0.25) is 14.4 Å². The summed E-state index contributed by atoms with van der Waals surface area (Å²) >= 11 is 0. The van der Waals surface area contributed by atoms with E-state index in [1.165, 1.54) is 0 Å². The monoisotopic (exact) mass is 420 g/mol. The molecule has 0 saturated carbocycles. The van der Waals surface area contributed by atoms with Crippen molar-refractivity contribution < 1.29 is 19.1 Å². The number of ether oxygens (including phenoxy) is 1. The molecule has 1 atom stereocenters. The highest BCUT2D eigenvalue weighted by Crippen LogP contribution is 2.24. The van der Waals surface area contributed by atoms with Gasteiger partial charge in [-0.05, 0) is 48.7 Å². The van der Waals surface area contributed by atoms with E-state index in [0.29, 0.717) is 24.2 Å². The minimum absolute atomic E-state index is 0.135. The predicted molar refractivity (Wildman–Crippen MR) is 117 cm³/mol. The first-order chi connectivity index (χ1) is 15.0. The topological polar surface area (TPSA) is 112 Å². The fraction of sp³-hybridized carbons (Fsp3) is 0.261. The molecular formula is C23H24N4O4. The first-order valence-electron chi connectivity index (χ1n) is 10.2. The zero-order valence-corrected chi connectivity index (χ0v) is 17.2. The normalized spacial score (nSPS) is 15.6. The number of hydrogen-bond donors (Lipinski definition) is 4. The van der Waals surface area contributed by atoms with Gasteiger partial charge in [-0.25, -0.2) is 0 Å². The van der Waals surface area contributed by atoms with Crippen LogP contribution in [-0.4, -0.2) is 42.4 Å². The number of anilines is 1. The second-order valence-electron chi connectivity index (χ2n) is 7.42. The molecule has 0 unspecified atom stereocenters. The third-order valence-electron chi connectivity index (χ3n) is 5.40. The van der Waals surface area contributed by atoms with E-state index in [0.717, 1.165) is 22.2 Å². The van der Waals surface area contributed by atoms with Crippen LogP contribution in [0.2, 0.25) is 0 Å². The molecule has 8 heteroatoms. The third kappa shape index (κ3) is 4.53. The Hall–Kier alpha value is -3.81. The van der Waals surface area contributed by atoms with E-state index >= 15 is 0 Å². The first kappa shape index (κ1) is 20.5. The number of aromatic nitrogens is 1. The van der Waals surface area contributed by atoms with E-state index in [-0.39, 0.29) is 30.6 Å². The SMILES string of the molecule is COc1ccc2[nH]cc(CCNC(=O)CC[C@H]3NC(=O)c4ccccc4NC3=O)c2c1. The predicted octanol–water partition coefficient (Wildman–Crippen LogP) is 2.37. The van der Waals surface area contributed by atoms with Crippen molar-refractivity contribution in [1.82, 2.24) is 15.6 Å². The van der Waals surface area contributed by atoms with Crippen LogP contribution in [0.25, 0.3) is 10.9 Å². The highest BCUT2D eigenvalue weighted by molar-refractivity contribution is 6.09. The van der Waals surface area contributed by atoms with E-state index in [4.69, 9.17) is 4.74 Å². The summed E-state index contributed by atoms with van der Waals surface area (Å²) in [4.78, 5) is 40.3. The molecule has 0 bridgehead atoms. The van der Waals surface area contributed by atoms with Crippen molar-refractivity contribution in [3.8, 4) is 5.75 Å². The zero-order chi connectivity index (χ0) is 21.8. The molecule has 3 aromatic rings. The summed E-state index contributed by atoms with van der Waals surface area (Å²) in [6.45, 7) is 0.470. The molecule has 3 amide bonds. The number of H-pyrrole nitrogens is 1. The summed E-state index contributed by atoms with van der Waals surface area (Å²) < 4.78 is 5.28. The second kappa shape index (κ2) is 8.91. The Morgan fingerprint density at radius 2 is 2.00 bits per heavy atom. The van der Waals surface area contributed by atoms with E-state index < -0.39 is 6.04 Å². The summed E-state index contributed by atoms with van der Waals surface area (Å²) in [7, 11) is 1.63. The number of nitrogens with one attached hydrogen (secondary N) is 4. The fourth-order valence-electron chi connectivity index (χ4n) is 3.71. The number of amides is 3. The maximum Gasteiger partial charge on any atom is 0.254 e. The lowest BCUT2D eigenvalue weighted by Crippen LogP contribution is -2.42. The number of methoxy groups -OCH3 is 1. The number of benzene rings is 2. The van der Waals surface area contributed by atoms with Gasteiger partial charge in [0, 0.05) is 30.1 Å². The number of rotatable bonds is 7. The van der Waals surface area contributed by atoms with Gasteiger partial charge < -0.3 is 25.7 Å². The molecule has 4 N–H and O–H groups in total. The molecular weight excluding hydrogens is 396 g/mol. The number of fused-ring (bicyclic) bond motifs is 2. The molecule has 0 fully saturated rings. The summed E-state index contributed by atoms with van der Waals surface area (Å²) in [6.07, 6.45) is 2.95. The number of carbonyl (C=O) groups is 3. The van der Waals surface area contributed by atoms with E-state index in [9.17, 15) is 14.4 Å². The highest BCUT2D eigenvalue weighted by Gasteiger charge is 2.27. The lowest BCUT2D eigenvalue weighted by Gasteiger charge is -2.14. The van der Waals surface area contributed by atoms with E-state index in [2.05, 4.69) is 20.9 Å². The molecule has 1 aromatic heterocycles. The number of aromatic amines is 1. The first-order valence-corrected chi connectivity index (χ1v) is 10.2. The maximum absolute atomic E-state index is 12.4. The molecule has 0 saturated heterocycles. The van der Waals surface area contributed by atoms with E-state index in [1.54, 1.807) is 31.4 Å². The Kier molecular flexibility index (Phi) is 5.88. The van der Waals surface area contributed by atoms with Gasteiger partial charge >= 0.3 is 0 Å². The van der Waals surface area contributed by atoms with Gasteiger partial charge in [0.15, 0.2) is 0 Å². The van der Waals surface area contributed by atoms with Crippen LogP contribution in [0, 0.1) is 0 Å². The van der Waals surface area contributed by atoms with Crippen molar-refractivity contribution in [3.05, 3.63) is 59.8 Å². The van der Waals surface area contributed by atoms with Crippen molar-refractivity contribution in [2.75, 3.05) is 19.0 Å². The Labute approximate surface area is 179 Å². The molecule has 4 rings (SSSR count). The molecule has 2 aromatic carbocycles. The third-order valence-corrected chi connectivity index (χ3v) is 5.40. The zero-order valence-electron chi connectivity index (χ0n) is 17.2. The van der Waals surface area contributed by atoms with Crippen molar-refractivity contribution in [1.29, 1.82) is 0 Å². The molecule has 0 radical (unpaired) electrons. The minimum Gasteiger partial charge on any atom is -0.497 e. The minimum atomic E-state index is -0.758. The Balaban J connectivity index is 1.28. The Bertz CT molecular complexity index is 1140. The molecule has 0 spiro atoms. The van der Waals surface area contributed by atoms with Crippen molar-refractivity contribution in [2.45, 2.75) is 25.3 Å². The summed E-state index contributed by atoms with van der Waals surface area (Å²) in [5.74, 6) is -0.0301. The average molecular weight is 420 g/mol. The highest BCUT2D eigenvalue weighted by atomic mass is 16.5. The molecule has 31 heavy (non-hydrogen) atoms. The maximum atomic E-state index is 12.4. The van der Waals surface area contributed by atoms with Crippen molar-refractivity contribution in [3.63, 3.8) is 0 Å². The average Bonchev–Trinajstić information content (AvgIpc) is 3.13. The van der Waals surface area contributed by atoms with Gasteiger partial charge in [0.25, 0.3) is 5.91 Å². The van der Waals surface area contributed by atoms with Crippen LogP contribution in [0.1, 0.15) is 28.8 Å². The van der Waals surface area contributed by atoms with Crippen LogP contribution in [0.15, 0.2) is 48.7 Å². The quantitative estimate of drug-likeness (QED) is 0.470.